The number of nitrogens with zero attached hydrogens (tertiary/aromatic N) is 1. The van der Waals surface area contributed by atoms with Crippen molar-refractivity contribution in [1.29, 1.82) is 0 Å². The molecule has 1 aromatic rings. The van der Waals surface area contributed by atoms with Crippen LogP contribution in [0.1, 0.15) is 13.8 Å². The van der Waals surface area contributed by atoms with Crippen LogP contribution in [0.4, 0.5) is 5.69 Å². The maximum absolute atomic E-state index is 12.0. The molecule has 1 rings (SSSR count). The lowest BCUT2D eigenvalue weighted by molar-refractivity contribution is -0.136. The number of methoxy groups -OCH3 is 2. The third-order valence-electron chi connectivity index (χ3n) is 3.54. The summed E-state index contributed by atoms with van der Waals surface area (Å²) in [7, 11) is 2.90. The van der Waals surface area contributed by atoms with E-state index in [2.05, 4.69) is 15.5 Å². The minimum absolute atomic E-state index is 0.308. The highest BCUT2D eigenvalue weighted by Gasteiger charge is 2.17. The number of halogens is 1. The molecule has 7 nitrogen and oxygen atoms in total. The van der Waals surface area contributed by atoms with Crippen molar-refractivity contribution in [2.75, 3.05) is 45.7 Å². The Morgan fingerprint density at radius 2 is 1.71 bits per heavy atom. The Labute approximate surface area is 147 Å². The smallest absolute Gasteiger partial charge is 0.313 e. The van der Waals surface area contributed by atoms with Crippen LogP contribution in [0.5, 0.6) is 11.5 Å². The van der Waals surface area contributed by atoms with Crippen molar-refractivity contribution in [3.8, 4) is 11.5 Å². The number of likely N-dealkylation sites (N-methyl/N-ethyl adjacent to an activating group) is 1. The first-order valence-electron chi connectivity index (χ1n) is 7.69. The van der Waals surface area contributed by atoms with Crippen molar-refractivity contribution in [2.45, 2.75) is 13.8 Å². The maximum atomic E-state index is 12.0. The van der Waals surface area contributed by atoms with Crippen molar-refractivity contribution in [3.63, 3.8) is 0 Å². The first-order valence-corrected chi connectivity index (χ1v) is 8.07. The van der Waals surface area contributed by atoms with E-state index in [-0.39, 0.29) is 0 Å². The van der Waals surface area contributed by atoms with Gasteiger partial charge in [-0.3, -0.25) is 9.59 Å². The molecule has 134 valence electrons. The molecule has 2 N–H and O–H groups in total. The van der Waals surface area contributed by atoms with Gasteiger partial charge in [-0.1, -0.05) is 25.4 Å². The standard InChI is InChI=1S/C16H24ClN3O4/c1-5-20(6-2)8-7-18-15(21)16(22)19-12-10-13(23-3)11(17)9-14(12)24-4/h9-10H,5-8H2,1-4H3,(H,18,21)(H,19,22). The second-order valence-corrected chi connectivity index (χ2v) is 5.33. The van der Waals surface area contributed by atoms with Gasteiger partial charge in [0.2, 0.25) is 0 Å². The number of hydrogen-bond acceptors (Lipinski definition) is 5. The molecule has 0 saturated carbocycles. The summed E-state index contributed by atoms with van der Waals surface area (Å²) in [5.41, 5.74) is 0.308. The molecule has 0 unspecified atom stereocenters. The van der Waals surface area contributed by atoms with Gasteiger partial charge in [-0.05, 0) is 13.1 Å². The number of ether oxygens (including phenoxy) is 2. The van der Waals surface area contributed by atoms with E-state index in [0.717, 1.165) is 13.1 Å². The molecule has 2 amide bonds. The first kappa shape index (κ1) is 20.1. The second-order valence-electron chi connectivity index (χ2n) is 4.92. The van der Waals surface area contributed by atoms with Crippen molar-refractivity contribution >= 4 is 29.1 Å². The number of carbonyl (C=O) groups excluding carboxylic acids is 2. The summed E-state index contributed by atoms with van der Waals surface area (Å²) in [4.78, 5) is 26.0. The molecular weight excluding hydrogens is 334 g/mol. The minimum Gasteiger partial charge on any atom is -0.495 e. The largest absolute Gasteiger partial charge is 0.495 e. The third kappa shape index (κ3) is 5.58. The molecule has 0 radical (unpaired) electrons. The summed E-state index contributed by atoms with van der Waals surface area (Å²) in [6, 6.07) is 3.01. The summed E-state index contributed by atoms with van der Waals surface area (Å²) < 4.78 is 10.3. The van der Waals surface area contributed by atoms with Gasteiger partial charge in [-0.15, -0.1) is 0 Å². The average molecular weight is 358 g/mol. The summed E-state index contributed by atoms with van der Waals surface area (Å²) in [5, 5.41) is 5.43. The molecule has 0 saturated heterocycles. The quantitative estimate of drug-likeness (QED) is 0.693. The van der Waals surface area contributed by atoms with E-state index in [4.69, 9.17) is 21.1 Å². The zero-order valence-electron chi connectivity index (χ0n) is 14.4. The maximum Gasteiger partial charge on any atom is 0.313 e. The Hall–Kier alpha value is -1.99. The number of rotatable bonds is 8. The van der Waals surface area contributed by atoms with Crippen LogP contribution < -0.4 is 20.1 Å². The predicted molar refractivity (Wildman–Crippen MR) is 94.0 cm³/mol. The minimum atomic E-state index is -0.780. The van der Waals surface area contributed by atoms with Crippen LogP contribution in [0.3, 0.4) is 0 Å². The summed E-state index contributed by atoms with van der Waals surface area (Å²) in [5.74, 6) is -0.782. The zero-order chi connectivity index (χ0) is 18.1. The summed E-state index contributed by atoms with van der Waals surface area (Å²) >= 11 is 6.00. The number of carbonyl (C=O) groups is 2. The SMILES string of the molecule is CCN(CC)CCNC(=O)C(=O)Nc1cc(OC)c(Cl)cc1OC. The molecule has 0 bridgehead atoms. The van der Waals surface area contributed by atoms with Crippen LogP contribution in [0.15, 0.2) is 12.1 Å². The molecule has 0 aliphatic carbocycles. The molecule has 8 heteroatoms. The second kappa shape index (κ2) is 10.00. The van der Waals surface area contributed by atoms with E-state index in [1.54, 1.807) is 0 Å². The van der Waals surface area contributed by atoms with Gasteiger partial charge in [-0.2, -0.15) is 0 Å². The number of amides is 2. The average Bonchev–Trinajstić information content (AvgIpc) is 2.59. The lowest BCUT2D eigenvalue weighted by atomic mass is 10.2. The van der Waals surface area contributed by atoms with E-state index < -0.39 is 11.8 Å². The van der Waals surface area contributed by atoms with Gasteiger partial charge in [0.05, 0.1) is 24.9 Å². The van der Waals surface area contributed by atoms with Gasteiger partial charge in [0, 0.05) is 25.2 Å². The highest BCUT2D eigenvalue weighted by molar-refractivity contribution is 6.40. The topological polar surface area (TPSA) is 79.9 Å². The highest BCUT2D eigenvalue weighted by atomic mass is 35.5. The van der Waals surface area contributed by atoms with Gasteiger partial charge in [0.15, 0.2) is 0 Å². The van der Waals surface area contributed by atoms with Crippen LogP contribution >= 0.6 is 11.6 Å². The van der Waals surface area contributed by atoms with Gasteiger partial charge in [0.1, 0.15) is 11.5 Å². The third-order valence-corrected chi connectivity index (χ3v) is 3.83. The number of nitrogens with one attached hydrogen (secondary N) is 2. The fourth-order valence-electron chi connectivity index (χ4n) is 2.08. The molecule has 0 heterocycles. The van der Waals surface area contributed by atoms with Gasteiger partial charge in [-0.25, -0.2) is 0 Å². The highest BCUT2D eigenvalue weighted by Crippen LogP contribution is 2.35. The van der Waals surface area contributed by atoms with Crippen LogP contribution in [0.2, 0.25) is 5.02 Å². The number of benzene rings is 1. The van der Waals surface area contributed by atoms with Crippen LogP contribution in [0.25, 0.3) is 0 Å². The lowest BCUT2D eigenvalue weighted by Gasteiger charge is -2.18. The molecular formula is C16H24ClN3O4. The van der Waals surface area contributed by atoms with Crippen LogP contribution in [0, 0.1) is 0 Å². The normalized spacial score (nSPS) is 10.4. The van der Waals surface area contributed by atoms with E-state index in [1.165, 1.54) is 26.4 Å². The summed E-state index contributed by atoms with van der Waals surface area (Å²) in [6.45, 7) is 6.94. The number of hydrogen-bond donors (Lipinski definition) is 2. The summed E-state index contributed by atoms with van der Waals surface area (Å²) in [6.07, 6.45) is 0. The zero-order valence-corrected chi connectivity index (χ0v) is 15.2. The van der Waals surface area contributed by atoms with Gasteiger partial charge in [0.25, 0.3) is 0 Å². The van der Waals surface area contributed by atoms with Gasteiger partial charge < -0.3 is 25.0 Å². The van der Waals surface area contributed by atoms with Crippen molar-refractivity contribution in [1.82, 2.24) is 10.2 Å². The Kier molecular flexibility index (Phi) is 8.35. The monoisotopic (exact) mass is 357 g/mol. The number of anilines is 1. The predicted octanol–water partition coefficient (Wildman–Crippen LogP) is 1.75. The Bertz CT molecular complexity index is 577. The van der Waals surface area contributed by atoms with Gasteiger partial charge >= 0.3 is 11.8 Å². The molecule has 24 heavy (non-hydrogen) atoms. The fourth-order valence-corrected chi connectivity index (χ4v) is 2.32. The molecule has 0 aromatic heterocycles. The molecule has 0 aliphatic heterocycles. The Morgan fingerprint density at radius 1 is 1.08 bits per heavy atom. The first-order chi connectivity index (χ1) is 11.5. The van der Waals surface area contributed by atoms with Crippen molar-refractivity contribution < 1.29 is 19.1 Å². The van der Waals surface area contributed by atoms with E-state index in [9.17, 15) is 9.59 Å². The van der Waals surface area contributed by atoms with Crippen LogP contribution in [-0.4, -0.2) is 57.1 Å². The molecule has 0 aliphatic rings. The van der Waals surface area contributed by atoms with Crippen molar-refractivity contribution in [3.05, 3.63) is 17.2 Å². The Balaban J connectivity index is 2.68. The van der Waals surface area contributed by atoms with E-state index >= 15 is 0 Å². The lowest BCUT2D eigenvalue weighted by Crippen LogP contribution is -2.40. The molecule has 1 aromatic carbocycles. The molecule has 0 spiro atoms. The fraction of sp³-hybridized carbons (Fsp3) is 0.500. The molecule has 0 fully saturated rings. The Morgan fingerprint density at radius 3 is 2.25 bits per heavy atom. The van der Waals surface area contributed by atoms with E-state index in [0.29, 0.717) is 35.3 Å². The van der Waals surface area contributed by atoms with Crippen LogP contribution in [-0.2, 0) is 9.59 Å². The van der Waals surface area contributed by atoms with E-state index in [1.807, 2.05) is 13.8 Å². The molecule has 0 atom stereocenters. The van der Waals surface area contributed by atoms with Crippen molar-refractivity contribution in [2.24, 2.45) is 0 Å².